The fraction of sp³-hybridized carbons (Fsp3) is 0.172. The maximum absolute atomic E-state index is 13.6. The first-order valence-corrected chi connectivity index (χ1v) is 11.8. The number of fused-ring (bicyclic) bond motifs is 5. The van der Waals surface area contributed by atoms with Gasteiger partial charge in [0.1, 0.15) is 11.8 Å². The van der Waals surface area contributed by atoms with Crippen LogP contribution in [0.5, 0.6) is 5.75 Å². The number of methoxy groups -OCH3 is 1. The number of para-hydroxylation sites is 1. The van der Waals surface area contributed by atoms with Gasteiger partial charge in [0.15, 0.2) is 0 Å². The van der Waals surface area contributed by atoms with Gasteiger partial charge in [0.25, 0.3) is 0 Å². The van der Waals surface area contributed by atoms with Crippen LogP contribution < -0.4 is 20.3 Å². The summed E-state index contributed by atoms with van der Waals surface area (Å²) in [7, 11) is 3.32. The molecule has 2 heterocycles. The number of nitrogens with one attached hydrogen (secondary N) is 3. The van der Waals surface area contributed by atoms with E-state index in [2.05, 4.69) is 15.6 Å². The van der Waals surface area contributed by atoms with Crippen molar-refractivity contribution in [3.05, 3.63) is 95.8 Å². The second-order valence-corrected chi connectivity index (χ2v) is 8.84. The van der Waals surface area contributed by atoms with Gasteiger partial charge in [-0.3, -0.25) is 9.59 Å². The summed E-state index contributed by atoms with van der Waals surface area (Å²) in [6.07, 6.45) is 4.32. The highest BCUT2D eigenvalue weighted by molar-refractivity contribution is 6.00. The predicted octanol–water partition coefficient (Wildman–Crippen LogP) is 4.51. The lowest BCUT2D eigenvalue weighted by molar-refractivity contribution is -0.127. The molecule has 0 unspecified atom stereocenters. The van der Waals surface area contributed by atoms with E-state index in [1.807, 2.05) is 85.1 Å². The molecule has 182 valence electrons. The number of likely N-dealkylation sites (N-methyl/N-ethyl adjacent to an activating group) is 1. The number of aromatic amines is 1. The summed E-state index contributed by atoms with van der Waals surface area (Å²) < 4.78 is 5.23. The van der Waals surface area contributed by atoms with Gasteiger partial charge in [0.05, 0.1) is 13.5 Å². The van der Waals surface area contributed by atoms with E-state index in [0.717, 1.165) is 39.1 Å². The molecule has 7 nitrogen and oxygen atoms in total. The molecule has 5 rings (SSSR count). The van der Waals surface area contributed by atoms with Crippen molar-refractivity contribution in [1.29, 1.82) is 0 Å². The minimum atomic E-state index is -0.734. The van der Waals surface area contributed by atoms with Crippen LogP contribution in [0.2, 0.25) is 0 Å². The second kappa shape index (κ2) is 10.00. The van der Waals surface area contributed by atoms with Gasteiger partial charge in [0.2, 0.25) is 11.8 Å². The van der Waals surface area contributed by atoms with E-state index in [4.69, 9.17) is 4.74 Å². The summed E-state index contributed by atoms with van der Waals surface area (Å²) in [5.74, 6) is 0.306. The Kier molecular flexibility index (Phi) is 6.45. The molecule has 7 heteroatoms. The lowest BCUT2D eigenvalue weighted by Gasteiger charge is -2.25. The number of anilines is 2. The van der Waals surface area contributed by atoms with Crippen molar-refractivity contribution in [3.8, 4) is 5.75 Å². The smallest absolute Gasteiger partial charge is 0.249 e. The lowest BCUT2D eigenvalue weighted by atomic mass is 10.0. The molecule has 4 aromatic rings. The Morgan fingerprint density at radius 2 is 1.83 bits per heavy atom. The Hall–Kier alpha value is -4.52. The number of rotatable bonds is 3. The van der Waals surface area contributed by atoms with Crippen molar-refractivity contribution in [1.82, 2.24) is 10.3 Å². The van der Waals surface area contributed by atoms with E-state index in [1.54, 1.807) is 19.1 Å². The maximum Gasteiger partial charge on any atom is 0.249 e. The van der Waals surface area contributed by atoms with Crippen molar-refractivity contribution in [2.75, 3.05) is 24.4 Å². The molecule has 2 amide bonds. The summed E-state index contributed by atoms with van der Waals surface area (Å²) in [6.45, 7) is 0. The lowest BCUT2D eigenvalue weighted by Crippen LogP contribution is -2.49. The molecule has 0 spiro atoms. The summed E-state index contributed by atoms with van der Waals surface area (Å²) >= 11 is 0. The number of hydrogen-bond donors (Lipinski definition) is 3. The number of amides is 2. The minimum absolute atomic E-state index is 0.150. The Labute approximate surface area is 209 Å². The van der Waals surface area contributed by atoms with Crippen LogP contribution in [0.25, 0.3) is 17.0 Å². The zero-order valence-electron chi connectivity index (χ0n) is 20.2. The van der Waals surface area contributed by atoms with E-state index in [9.17, 15) is 9.59 Å². The SMILES string of the molecule is COc1ccc(N(C)C(=O)[C@@H]2Cc3cccc(c3)N/C=C\c3[nH]c4ccccc4c3CC(=O)N2)cc1. The van der Waals surface area contributed by atoms with Crippen molar-refractivity contribution < 1.29 is 14.3 Å². The highest BCUT2D eigenvalue weighted by Crippen LogP contribution is 2.25. The van der Waals surface area contributed by atoms with Gasteiger partial charge in [-0.05, 0) is 59.7 Å². The molecule has 1 atom stereocenters. The quantitative estimate of drug-likeness (QED) is 0.403. The molecule has 0 aliphatic carbocycles. The van der Waals surface area contributed by atoms with Crippen LogP contribution in [-0.2, 0) is 22.4 Å². The van der Waals surface area contributed by atoms with Gasteiger partial charge in [-0.15, -0.1) is 0 Å². The van der Waals surface area contributed by atoms with E-state index >= 15 is 0 Å². The molecule has 3 aromatic carbocycles. The average Bonchev–Trinajstić information content (AvgIpc) is 3.24. The highest BCUT2D eigenvalue weighted by Gasteiger charge is 2.26. The van der Waals surface area contributed by atoms with E-state index < -0.39 is 6.04 Å². The standard InChI is InChI=1S/C29H28N4O3/c1-33(21-10-12-22(36-2)13-11-21)29(35)27-17-19-6-5-7-20(16-19)30-15-14-26-24(18-28(34)32-27)23-8-3-4-9-25(23)31-26/h3-16,27,30-31H,17-18H2,1-2H3,(H,32,34)/b15-14-/t27-/m0/s1. The van der Waals surface area contributed by atoms with Gasteiger partial charge in [-0.2, -0.15) is 0 Å². The van der Waals surface area contributed by atoms with Gasteiger partial charge >= 0.3 is 0 Å². The molecule has 3 N–H and O–H groups in total. The Morgan fingerprint density at radius 3 is 2.64 bits per heavy atom. The third kappa shape index (κ3) is 4.81. The van der Waals surface area contributed by atoms with Crippen LogP contribution in [-0.4, -0.2) is 37.0 Å². The van der Waals surface area contributed by atoms with E-state index in [0.29, 0.717) is 12.2 Å². The molecule has 0 radical (unpaired) electrons. The number of hydrogen-bond acceptors (Lipinski definition) is 4. The molecule has 2 bridgehead atoms. The molecule has 0 saturated heterocycles. The summed E-state index contributed by atoms with van der Waals surface area (Å²) in [5, 5.41) is 7.32. The summed E-state index contributed by atoms with van der Waals surface area (Å²) in [5.41, 5.74) is 5.27. The van der Waals surface area contributed by atoms with E-state index in [1.165, 1.54) is 0 Å². The molecule has 0 fully saturated rings. The van der Waals surface area contributed by atoms with Crippen molar-refractivity contribution in [2.24, 2.45) is 0 Å². The molecular formula is C29H28N4O3. The number of carbonyl (C=O) groups excluding carboxylic acids is 2. The molecule has 36 heavy (non-hydrogen) atoms. The summed E-state index contributed by atoms with van der Waals surface area (Å²) in [4.78, 5) is 31.9. The monoisotopic (exact) mass is 480 g/mol. The predicted molar refractivity (Wildman–Crippen MR) is 143 cm³/mol. The largest absolute Gasteiger partial charge is 0.497 e. The van der Waals surface area contributed by atoms with Crippen molar-refractivity contribution >= 4 is 40.2 Å². The molecule has 1 aliphatic heterocycles. The topological polar surface area (TPSA) is 86.5 Å². The number of benzene rings is 3. The molecule has 1 aromatic heterocycles. The van der Waals surface area contributed by atoms with Crippen LogP contribution in [0.4, 0.5) is 11.4 Å². The number of carbonyl (C=O) groups is 2. The van der Waals surface area contributed by atoms with Gasteiger partial charge < -0.3 is 25.3 Å². The summed E-state index contributed by atoms with van der Waals surface area (Å²) in [6, 6.07) is 22.3. The van der Waals surface area contributed by atoms with Crippen LogP contribution in [0.3, 0.4) is 0 Å². The number of ether oxygens (including phenoxy) is 1. The fourth-order valence-corrected chi connectivity index (χ4v) is 4.57. The molecule has 1 aliphatic rings. The van der Waals surface area contributed by atoms with Crippen LogP contribution in [0, 0.1) is 0 Å². The average molecular weight is 481 g/mol. The van der Waals surface area contributed by atoms with Crippen molar-refractivity contribution in [3.63, 3.8) is 0 Å². The normalized spacial score (nSPS) is 16.4. The third-order valence-corrected chi connectivity index (χ3v) is 6.47. The van der Waals surface area contributed by atoms with Crippen LogP contribution >= 0.6 is 0 Å². The van der Waals surface area contributed by atoms with Crippen LogP contribution in [0.1, 0.15) is 16.8 Å². The first-order valence-electron chi connectivity index (χ1n) is 11.8. The number of H-pyrrole nitrogens is 1. The first-order chi connectivity index (χ1) is 17.5. The van der Waals surface area contributed by atoms with Gasteiger partial charge in [-0.1, -0.05) is 30.3 Å². The number of aromatic nitrogens is 1. The second-order valence-electron chi connectivity index (χ2n) is 8.84. The number of nitrogens with zero attached hydrogens (tertiary/aromatic N) is 1. The molecule has 0 saturated carbocycles. The third-order valence-electron chi connectivity index (χ3n) is 6.47. The first kappa shape index (κ1) is 23.2. The molecular weight excluding hydrogens is 452 g/mol. The van der Waals surface area contributed by atoms with Gasteiger partial charge in [0, 0.05) is 47.6 Å². The minimum Gasteiger partial charge on any atom is -0.497 e. The van der Waals surface area contributed by atoms with Crippen LogP contribution in [0.15, 0.2) is 79.0 Å². The zero-order valence-corrected chi connectivity index (χ0v) is 20.2. The Balaban J connectivity index is 1.50. The zero-order chi connectivity index (χ0) is 25.1. The Morgan fingerprint density at radius 1 is 1.03 bits per heavy atom. The highest BCUT2D eigenvalue weighted by atomic mass is 16.5. The fourth-order valence-electron chi connectivity index (χ4n) is 4.57. The van der Waals surface area contributed by atoms with Crippen molar-refractivity contribution in [2.45, 2.75) is 18.9 Å². The maximum atomic E-state index is 13.6. The Bertz CT molecular complexity index is 1440. The van der Waals surface area contributed by atoms with E-state index in [-0.39, 0.29) is 18.2 Å². The van der Waals surface area contributed by atoms with Gasteiger partial charge in [-0.25, -0.2) is 0 Å².